The van der Waals surface area contributed by atoms with E-state index in [9.17, 15) is 36.3 Å². The van der Waals surface area contributed by atoms with Gasteiger partial charge in [0.05, 0.1) is 11.6 Å². The first kappa shape index (κ1) is 30.7. The molecule has 3 amide bonds. The van der Waals surface area contributed by atoms with Gasteiger partial charge in [-0.25, -0.2) is 23.4 Å². The van der Waals surface area contributed by atoms with Crippen molar-refractivity contribution in [1.82, 2.24) is 19.4 Å². The zero-order valence-corrected chi connectivity index (χ0v) is 23.7. The number of aromatic amines is 1. The Hall–Kier alpha value is -3.77. The van der Waals surface area contributed by atoms with Gasteiger partial charge in [0.25, 0.3) is 0 Å². The van der Waals surface area contributed by atoms with Crippen LogP contribution in [-0.4, -0.2) is 69.9 Å². The van der Waals surface area contributed by atoms with Gasteiger partial charge < -0.3 is 14.8 Å². The second-order valence-electron chi connectivity index (χ2n) is 11.5. The van der Waals surface area contributed by atoms with Crippen molar-refractivity contribution < 1.29 is 31.5 Å². The zero-order chi connectivity index (χ0) is 30.9. The third-order valence-electron chi connectivity index (χ3n) is 8.75. The zero-order valence-electron chi connectivity index (χ0n) is 23.7. The highest BCUT2D eigenvalue weighted by Gasteiger charge is 2.39. The Labute approximate surface area is 245 Å². The smallest absolute Gasteiger partial charge is 0.332 e. The lowest BCUT2D eigenvalue weighted by Crippen LogP contribution is -2.43. The first-order valence-corrected chi connectivity index (χ1v) is 14.6. The molecule has 2 aliphatic heterocycles. The summed E-state index contributed by atoms with van der Waals surface area (Å²) in [6.45, 7) is 0.705. The number of hydrogen-bond donors (Lipinski definition) is 1. The van der Waals surface area contributed by atoms with Crippen LogP contribution in [0.3, 0.4) is 0 Å². The van der Waals surface area contributed by atoms with Gasteiger partial charge in [-0.15, -0.1) is 0 Å². The van der Waals surface area contributed by atoms with Crippen LogP contribution >= 0.6 is 0 Å². The summed E-state index contributed by atoms with van der Waals surface area (Å²) in [7, 11) is 0. The predicted molar refractivity (Wildman–Crippen MR) is 150 cm³/mol. The van der Waals surface area contributed by atoms with Crippen LogP contribution < -0.4 is 5.69 Å². The Kier molecular flexibility index (Phi) is 8.89. The number of amides is 3. The molecule has 1 aromatic heterocycles. The van der Waals surface area contributed by atoms with Crippen LogP contribution in [-0.2, 0) is 4.79 Å². The minimum absolute atomic E-state index is 0.0143. The van der Waals surface area contributed by atoms with Gasteiger partial charge in [-0.2, -0.15) is 13.2 Å². The Morgan fingerprint density at radius 3 is 2.56 bits per heavy atom. The van der Waals surface area contributed by atoms with E-state index in [1.807, 2.05) is 6.08 Å². The fourth-order valence-electron chi connectivity index (χ4n) is 6.48. The number of nitrogens with zero attached hydrogens (tertiary/aromatic N) is 4. The Balaban J connectivity index is 1.26. The number of allylic oxidation sites excluding steroid dienone is 1. The molecule has 2 unspecified atom stereocenters. The van der Waals surface area contributed by atoms with Crippen LogP contribution in [0.2, 0.25) is 0 Å². The Bertz CT molecular complexity index is 1470. The summed E-state index contributed by atoms with van der Waals surface area (Å²) in [5, 5.41) is 0. The highest BCUT2D eigenvalue weighted by Crippen LogP contribution is 2.34. The minimum atomic E-state index is -4.71. The van der Waals surface area contributed by atoms with Crippen molar-refractivity contribution >= 4 is 24.2 Å². The molecule has 3 heterocycles. The molecule has 2 aromatic rings. The molecule has 8 nitrogen and oxygen atoms in total. The average molecular weight is 608 g/mol. The molecule has 0 spiro atoms. The molecule has 2 saturated heterocycles. The molecule has 232 valence electrons. The molecule has 2 fully saturated rings. The van der Waals surface area contributed by atoms with Crippen molar-refractivity contribution in [1.29, 1.82) is 0 Å². The van der Waals surface area contributed by atoms with Gasteiger partial charge in [0.1, 0.15) is 6.54 Å². The number of likely N-dealkylation sites (tertiary alicyclic amines) is 2. The monoisotopic (exact) mass is 607 g/mol. The maximum Gasteiger partial charge on any atom is 0.406 e. The Morgan fingerprint density at radius 1 is 1.12 bits per heavy atom. The van der Waals surface area contributed by atoms with Crippen LogP contribution in [0.1, 0.15) is 80.3 Å². The fourth-order valence-corrected chi connectivity index (χ4v) is 6.48. The maximum absolute atomic E-state index is 14.5. The summed E-state index contributed by atoms with van der Waals surface area (Å²) in [5.74, 6) is -4.88. The third kappa shape index (κ3) is 6.59. The number of rotatable bonds is 5. The van der Waals surface area contributed by atoms with E-state index in [0.29, 0.717) is 30.8 Å². The van der Waals surface area contributed by atoms with E-state index in [1.165, 1.54) is 17.0 Å². The molecular formula is C30H34F5N5O3. The molecule has 1 N–H and O–H groups in total. The van der Waals surface area contributed by atoms with Crippen LogP contribution in [0, 0.1) is 17.6 Å². The average Bonchev–Trinajstić information content (AvgIpc) is 3.24. The second-order valence-corrected chi connectivity index (χ2v) is 11.5. The van der Waals surface area contributed by atoms with E-state index >= 15 is 0 Å². The summed E-state index contributed by atoms with van der Waals surface area (Å²) < 4.78 is 70.1. The summed E-state index contributed by atoms with van der Waals surface area (Å²) in [6, 6.07) is 2.76. The summed E-state index contributed by atoms with van der Waals surface area (Å²) in [4.78, 5) is 47.9. The van der Waals surface area contributed by atoms with Crippen molar-refractivity contribution in [2.45, 2.75) is 69.5 Å². The normalized spacial score (nSPS) is 23.6. The number of halogens is 5. The highest BCUT2D eigenvalue weighted by atomic mass is 19.4. The minimum Gasteiger partial charge on any atom is -0.332 e. The van der Waals surface area contributed by atoms with Crippen molar-refractivity contribution in [3.05, 3.63) is 63.3 Å². The van der Waals surface area contributed by atoms with Crippen LogP contribution in [0.25, 0.3) is 6.08 Å². The van der Waals surface area contributed by atoms with Crippen molar-refractivity contribution in [2.75, 3.05) is 26.2 Å². The van der Waals surface area contributed by atoms with Crippen molar-refractivity contribution in [3.63, 3.8) is 0 Å². The quantitative estimate of drug-likeness (QED) is 0.345. The van der Waals surface area contributed by atoms with Gasteiger partial charge in [0, 0.05) is 49.4 Å². The number of aromatic nitrogens is 2. The van der Waals surface area contributed by atoms with E-state index in [-0.39, 0.29) is 36.1 Å². The standard InChI is InChI=1S/C30H34F5N5O3/c1-2-18-5-3-8-24-26(18)37-29(43)40(24)21-11-13-38(14-12-21)28(42)36-15-19-9-10-20(22-6-4-7-23(31)25(22)32)16-39(27(19)41)17-30(33,34)35/h3-4,6-8,15,18-21H,2,5,9-14,16-17H2,1H3,(H,37,43)/t18-,19?,20?/m0/s1. The number of carbonyl (C=O) groups is 2. The number of nitrogens with one attached hydrogen (secondary N) is 1. The molecular weight excluding hydrogens is 573 g/mol. The van der Waals surface area contributed by atoms with Crippen LogP contribution in [0.4, 0.5) is 26.7 Å². The van der Waals surface area contributed by atoms with E-state index in [1.54, 1.807) is 4.57 Å². The molecule has 0 bridgehead atoms. The van der Waals surface area contributed by atoms with Crippen LogP contribution in [0.15, 0.2) is 34.1 Å². The maximum atomic E-state index is 14.5. The first-order valence-electron chi connectivity index (χ1n) is 14.6. The molecule has 0 radical (unpaired) electrons. The number of aliphatic imine (C=N–C) groups is 1. The number of carbonyl (C=O) groups excluding carboxylic acids is 2. The van der Waals surface area contributed by atoms with Crippen molar-refractivity contribution in [2.24, 2.45) is 10.9 Å². The number of H-pyrrole nitrogens is 1. The fraction of sp³-hybridized carbons (Fsp3) is 0.533. The largest absolute Gasteiger partial charge is 0.406 e. The molecule has 5 rings (SSSR count). The molecule has 13 heteroatoms. The molecule has 0 saturated carbocycles. The van der Waals surface area contributed by atoms with E-state index < -0.39 is 54.7 Å². The number of urea groups is 1. The number of benzene rings is 1. The SMILES string of the molecule is CC[C@H]1CC=Cc2c1[nH]c(=O)n2C1CCN(C(=O)N=CC2CCC(c3cccc(F)c3F)CN(CC(F)(F)F)C2=O)CC1. The lowest BCUT2D eigenvalue weighted by Gasteiger charge is -2.32. The van der Waals surface area contributed by atoms with Crippen molar-refractivity contribution in [3.8, 4) is 0 Å². The molecule has 1 aromatic carbocycles. The van der Waals surface area contributed by atoms with E-state index in [4.69, 9.17) is 0 Å². The summed E-state index contributed by atoms with van der Waals surface area (Å²) >= 11 is 0. The number of imidazole rings is 1. The second kappa shape index (κ2) is 12.5. The third-order valence-corrected chi connectivity index (χ3v) is 8.75. The van der Waals surface area contributed by atoms with Gasteiger partial charge >= 0.3 is 17.9 Å². The van der Waals surface area contributed by atoms with E-state index in [0.717, 1.165) is 36.5 Å². The van der Waals surface area contributed by atoms with Gasteiger partial charge in [0.15, 0.2) is 11.6 Å². The molecule has 3 aliphatic rings. The molecule has 3 atom stereocenters. The van der Waals surface area contributed by atoms with Gasteiger partial charge in [-0.05, 0) is 56.2 Å². The number of piperidine rings is 1. The molecule has 43 heavy (non-hydrogen) atoms. The van der Waals surface area contributed by atoms with Crippen LogP contribution in [0.5, 0.6) is 0 Å². The summed E-state index contributed by atoms with van der Waals surface area (Å²) in [5.41, 5.74) is 1.54. The first-order chi connectivity index (χ1) is 20.5. The number of alkyl halides is 3. The topological polar surface area (TPSA) is 90.8 Å². The number of hydrogen-bond acceptors (Lipinski definition) is 3. The van der Waals surface area contributed by atoms with Gasteiger partial charge in [-0.1, -0.05) is 25.1 Å². The lowest BCUT2D eigenvalue weighted by molar-refractivity contribution is -0.162. The van der Waals surface area contributed by atoms with Gasteiger partial charge in [-0.3, -0.25) is 9.36 Å². The highest BCUT2D eigenvalue weighted by molar-refractivity contribution is 5.97. The molecule has 1 aliphatic carbocycles. The number of fused-ring (bicyclic) bond motifs is 1. The summed E-state index contributed by atoms with van der Waals surface area (Å²) in [6.07, 6.45) is 3.30. The van der Waals surface area contributed by atoms with E-state index in [2.05, 4.69) is 23.0 Å². The predicted octanol–water partition coefficient (Wildman–Crippen LogP) is 5.78. The lowest BCUT2D eigenvalue weighted by atomic mass is 9.92. The van der Waals surface area contributed by atoms with Gasteiger partial charge in [0.2, 0.25) is 5.91 Å². The Morgan fingerprint density at radius 2 is 1.86 bits per heavy atom.